The molecule has 0 radical (unpaired) electrons. The van der Waals surface area contributed by atoms with E-state index in [-0.39, 0.29) is 24.1 Å². The van der Waals surface area contributed by atoms with E-state index in [1.54, 1.807) is 17.0 Å². The van der Waals surface area contributed by atoms with Crippen LogP contribution in [0.25, 0.3) is 0 Å². The lowest BCUT2D eigenvalue weighted by atomic mass is 10.2. The van der Waals surface area contributed by atoms with Gasteiger partial charge in [0, 0.05) is 24.2 Å². The molecule has 0 saturated carbocycles. The molecule has 6 nitrogen and oxygen atoms in total. The zero-order valence-corrected chi connectivity index (χ0v) is 18.5. The number of carbonyl (C=O) groups excluding carboxylic acids is 1. The Morgan fingerprint density at radius 2 is 1.50 bits per heavy atom. The quantitative estimate of drug-likeness (QED) is 0.293. The Bertz CT molecular complexity index is 793. The van der Waals surface area contributed by atoms with Crippen LogP contribution in [0.5, 0.6) is 11.5 Å². The van der Waals surface area contributed by atoms with Crippen LogP contribution in [0.15, 0.2) is 48.5 Å². The number of nitrogens with two attached hydrogens (primary N) is 1. The molecule has 0 heterocycles. The van der Waals surface area contributed by atoms with Crippen LogP contribution in [-0.2, 0) is 0 Å². The number of rotatable bonds is 12. The Kier molecular flexibility index (Phi) is 11.4. The fraction of sp³-hybridized carbons (Fsp3) is 0.391. The van der Waals surface area contributed by atoms with E-state index < -0.39 is 0 Å². The van der Waals surface area contributed by atoms with Gasteiger partial charge in [-0.1, -0.05) is 6.07 Å². The number of hydrogen-bond donors (Lipinski definition) is 2. The molecule has 30 heavy (non-hydrogen) atoms. The summed E-state index contributed by atoms with van der Waals surface area (Å²) in [6.07, 6.45) is 2.84. The van der Waals surface area contributed by atoms with Gasteiger partial charge < -0.3 is 20.1 Å². The van der Waals surface area contributed by atoms with E-state index in [2.05, 4.69) is 0 Å². The molecule has 0 atom stereocenters. The van der Waals surface area contributed by atoms with E-state index in [9.17, 15) is 4.79 Å². The second kappa shape index (κ2) is 13.5. The number of amidine groups is 1. The van der Waals surface area contributed by atoms with Crippen LogP contribution in [0.3, 0.4) is 0 Å². The highest BCUT2D eigenvalue weighted by molar-refractivity contribution is 5.95. The van der Waals surface area contributed by atoms with Crippen molar-refractivity contribution in [1.29, 1.82) is 5.41 Å². The first kappa shape index (κ1) is 25.3. The summed E-state index contributed by atoms with van der Waals surface area (Å²) < 4.78 is 11.5. The van der Waals surface area contributed by atoms with Crippen molar-refractivity contribution in [1.82, 2.24) is 4.90 Å². The number of carbonyl (C=O) groups is 1. The number of nitrogen functional groups attached to an aromatic ring is 1. The molecular weight excluding hydrogens is 402 g/mol. The van der Waals surface area contributed by atoms with E-state index >= 15 is 0 Å². The molecular formula is C23H32ClN3O3. The van der Waals surface area contributed by atoms with Gasteiger partial charge in [0.05, 0.1) is 13.2 Å². The first-order valence-electron chi connectivity index (χ1n) is 10.1. The van der Waals surface area contributed by atoms with E-state index in [1.165, 1.54) is 0 Å². The molecule has 0 aliphatic heterocycles. The summed E-state index contributed by atoms with van der Waals surface area (Å²) in [5.41, 5.74) is 6.79. The SMILES string of the molecule is CCN(CC)C(=O)c1cccc(OCCCCCOc2ccc(C(=N)N)cc2)c1.Cl. The minimum atomic E-state index is 0. The van der Waals surface area contributed by atoms with Gasteiger partial charge in [-0.05, 0) is 75.6 Å². The van der Waals surface area contributed by atoms with Gasteiger partial charge >= 0.3 is 0 Å². The third-order valence-corrected chi connectivity index (χ3v) is 4.62. The predicted octanol–water partition coefficient (Wildman–Crippen LogP) is 4.50. The lowest BCUT2D eigenvalue weighted by Crippen LogP contribution is -2.30. The standard InChI is InChI=1S/C23H31N3O3.ClH/c1-3-26(4-2)23(27)19-9-8-10-21(17-19)29-16-7-5-6-15-28-20-13-11-18(12-14-20)22(24)25;/h8-14,17H,3-7,15-16H2,1-2H3,(H3,24,25);1H. The van der Waals surface area contributed by atoms with Crippen LogP contribution in [0.2, 0.25) is 0 Å². The number of nitrogens with zero attached hydrogens (tertiary/aromatic N) is 1. The van der Waals surface area contributed by atoms with Gasteiger partial charge in [0.15, 0.2) is 0 Å². The van der Waals surface area contributed by atoms with E-state index in [0.717, 1.165) is 30.8 Å². The zero-order valence-electron chi connectivity index (χ0n) is 17.7. The molecule has 2 rings (SSSR count). The van der Waals surface area contributed by atoms with E-state index in [1.807, 2.05) is 50.2 Å². The van der Waals surface area contributed by atoms with Crippen LogP contribution < -0.4 is 15.2 Å². The van der Waals surface area contributed by atoms with Gasteiger partial charge in [-0.2, -0.15) is 0 Å². The average molecular weight is 434 g/mol. The second-order valence-corrected chi connectivity index (χ2v) is 6.70. The maximum Gasteiger partial charge on any atom is 0.253 e. The number of unbranched alkanes of at least 4 members (excludes halogenated alkanes) is 2. The second-order valence-electron chi connectivity index (χ2n) is 6.70. The topological polar surface area (TPSA) is 88.6 Å². The van der Waals surface area contributed by atoms with Crippen LogP contribution in [0.4, 0.5) is 0 Å². The summed E-state index contributed by atoms with van der Waals surface area (Å²) in [5.74, 6) is 1.60. The van der Waals surface area contributed by atoms with Gasteiger partial charge in [0.25, 0.3) is 5.91 Å². The highest BCUT2D eigenvalue weighted by Crippen LogP contribution is 2.16. The van der Waals surface area contributed by atoms with Crippen molar-refractivity contribution in [3.63, 3.8) is 0 Å². The molecule has 0 aromatic heterocycles. The summed E-state index contributed by atoms with van der Waals surface area (Å²) in [6, 6.07) is 14.6. The summed E-state index contributed by atoms with van der Waals surface area (Å²) >= 11 is 0. The lowest BCUT2D eigenvalue weighted by Gasteiger charge is -2.19. The van der Waals surface area contributed by atoms with E-state index in [0.29, 0.717) is 37.4 Å². The number of benzene rings is 2. The molecule has 7 heteroatoms. The molecule has 0 bridgehead atoms. The normalized spacial score (nSPS) is 10.1. The van der Waals surface area contributed by atoms with Crippen molar-refractivity contribution >= 4 is 24.1 Å². The summed E-state index contributed by atoms with van der Waals surface area (Å²) in [5, 5.41) is 7.38. The molecule has 0 saturated heterocycles. The van der Waals surface area contributed by atoms with Crippen molar-refractivity contribution in [3.8, 4) is 11.5 Å². The molecule has 2 aromatic carbocycles. The van der Waals surface area contributed by atoms with Gasteiger partial charge in [-0.3, -0.25) is 10.2 Å². The molecule has 3 N–H and O–H groups in total. The Labute approximate surface area is 185 Å². The third-order valence-electron chi connectivity index (χ3n) is 4.62. The molecule has 0 aliphatic rings. The lowest BCUT2D eigenvalue weighted by molar-refractivity contribution is 0.0772. The molecule has 1 amide bonds. The van der Waals surface area contributed by atoms with Crippen molar-refractivity contribution in [2.24, 2.45) is 5.73 Å². The maximum absolute atomic E-state index is 12.4. The Balaban J connectivity index is 0.00000450. The third kappa shape index (κ3) is 7.95. The molecule has 0 unspecified atom stereocenters. The molecule has 0 aliphatic carbocycles. The maximum atomic E-state index is 12.4. The number of ether oxygens (including phenoxy) is 2. The molecule has 164 valence electrons. The van der Waals surface area contributed by atoms with Crippen molar-refractivity contribution < 1.29 is 14.3 Å². The Morgan fingerprint density at radius 1 is 0.900 bits per heavy atom. The van der Waals surface area contributed by atoms with Crippen molar-refractivity contribution in [3.05, 3.63) is 59.7 Å². The summed E-state index contributed by atoms with van der Waals surface area (Å²) in [6.45, 7) is 6.59. The number of nitrogens with one attached hydrogen (secondary N) is 1. The first-order chi connectivity index (χ1) is 14.0. The fourth-order valence-corrected chi connectivity index (χ4v) is 2.90. The van der Waals surface area contributed by atoms with Gasteiger partial charge in [0.1, 0.15) is 17.3 Å². The largest absolute Gasteiger partial charge is 0.494 e. The highest BCUT2D eigenvalue weighted by atomic mass is 35.5. The van der Waals surface area contributed by atoms with Crippen LogP contribution in [-0.4, -0.2) is 42.9 Å². The first-order valence-corrected chi connectivity index (χ1v) is 10.1. The number of hydrogen-bond acceptors (Lipinski definition) is 4. The molecule has 0 fully saturated rings. The average Bonchev–Trinajstić information content (AvgIpc) is 2.74. The monoisotopic (exact) mass is 433 g/mol. The number of amides is 1. The summed E-state index contributed by atoms with van der Waals surface area (Å²) in [4.78, 5) is 14.2. The Morgan fingerprint density at radius 3 is 2.07 bits per heavy atom. The predicted molar refractivity (Wildman–Crippen MR) is 123 cm³/mol. The van der Waals surface area contributed by atoms with Gasteiger partial charge in [-0.25, -0.2) is 0 Å². The van der Waals surface area contributed by atoms with Gasteiger partial charge in [0.2, 0.25) is 0 Å². The minimum absolute atomic E-state index is 0. The summed E-state index contributed by atoms with van der Waals surface area (Å²) in [7, 11) is 0. The Hall–Kier alpha value is -2.73. The molecule has 0 spiro atoms. The van der Waals surface area contributed by atoms with E-state index in [4.69, 9.17) is 20.6 Å². The fourth-order valence-electron chi connectivity index (χ4n) is 2.90. The van der Waals surface area contributed by atoms with Crippen LogP contribution in [0, 0.1) is 5.41 Å². The van der Waals surface area contributed by atoms with Crippen LogP contribution in [0.1, 0.15) is 49.0 Å². The highest BCUT2D eigenvalue weighted by Gasteiger charge is 2.12. The van der Waals surface area contributed by atoms with Crippen molar-refractivity contribution in [2.45, 2.75) is 33.1 Å². The molecule has 2 aromatic rings. The van der Waals surface area contributed by atoms with Gasteiger partial charge in [-0.15, -0.1) is 12.4 Å². The smallest absolute Gasteiger partial charge is 0.253 e. The zero-order chi connectivity index (χ0) is 21.1. The van der Waals surface area contributed by atoms with Crippen LogP contribution >= 0.6 is 12.4 Å². The number of halogens is 1. The minimum Gasteiger partial charge on any atom is -0.494 e. The van der Waals surface area contributed by atoms with Crippen molar-refractivity contribution in [2.75, 3.05) is 26.3 Å².